The van der Waals surface area contributed by atoms with Crippen LogP contribution in [0.4, 0.5) is 4.79 Å². The Labute approximate surface area is 230 Å². The lowest BCUT2D eigenvalue weighted by molar-refractivity contribution is 0.0531. The van der Waals surface area contributed by atoms with Gasteiger partial charge in [-0.1, -0.05) is 41.9 Å². The number of hydrogen-bond acceptors (Lipinski definition) is 7. The first-order valence-electron chi connectivity index (χ1n) is 11.4. The van der Waals surface area contributed by atoms with Gasteiger partial charge >= 0.3 is 6.09 Å². The number of carbonyl (C=O) groups is 1. The minimum atomic E-state index is -0.475. The fourth-order valence-electron chi connectivity index (χ4n) is 3.57. The molecule has 1 saturated carbocycles. The van der Waals surface area contributed by atoms with E-state index in [1.165, 1.54) is 23.7 Å². The van der Waals surface area contributed by atoms with Crippen LogP contribution in [0.2, 0.25) is 15.7 Å². The average Bonchev–Trinajstić information content (AvgIpc) is 2.75. The number of amides is 1. The SMILES string of the molecule is CC(C)(C)OC(=O)NCCSc1ccnc(Cl)n1.Clc1cc(C2CCC2c2ccccc2)nc(Cl)n1. The van der Waals surface area contributed by atoms with Crippen molar-refractivity contribution in [1.29, 1.82) is 0 Å². The Morgan fingerprint density at radius 2 is 1.75 bits per heavy atom. The molecule has 3 aromatic rings. The van der Waals surface area contributed by atoms with E-state index < -0.39 is 11.7 Å². The summed E-state index contributed by atoms with van der Waals surface area (Å²) in [4.78, 5) is 27.3. The number of rotatable bonds is 6. The van der Waals surface area contributed by atoms with E-state index >= 15 is 0 Å². The van der Waals surface area contributed by atoms with Crippen molar-refractivity contribution >= 4 is 52.7 Å². The van der Waals surface area contributed by atoms with Gasteiger partial charge in [0.15, 0.2) is 0 Å². The Morgan fingerprint density at radius 1 is 1.03 bits per heavy atom. The summed E-state index contributed by atoms with van der Waals surface area (Å²) in [7, 11) is 0. The van der Waals surface area contributed by atoms with Crippen LogP contribution < -0.4 is 5.32 Å². The lowest BCUT2D eigenvalue weighted by Crippen LogP contribution is -2.33. The molecule has 1 aliphatic carbocycles. The predicted molar refractivity (Wildman–Crippen MR) is 145 cm³/mol. The van der Waals surface area contributed by atoms with Gasteiger partial charge in [0.25, 0.3) is 0 Å². The van der Waals surface area contributed by atoms with Gasteiger partial charge in [0.2, 0.25) is 10.6 Å². The number of nitrogens with zero attached hydrogens (tertiary/aromatic N) is 4. The normalized spacial score (nSPS) is 16.8. The van der Waals surface area contributed by atoms with Crippen molar-refractivity contribution in [2.75, 3.05) is 12.3 Å². The molecule has 36 heavy (non-hydrogen) atoms. The summed E-state index contributed by atoms with van der Waals surface area (Å²) in [6.07, 6.45) is 3.50. The summed E-state index contributed by atoms with van der Waals surface area (Å²) in [5.74, 6) is 1.62. The molecule has 1 aliphatic rings. The summed E-state index contributed by atoms with van der Waals surface area (Å²) < 4.78 is 5.10. The topological polar surface area (TPSA) is 89.9 Å². The number of aromatic nitrogens is 4. The van der Waals surface area contributed by atoms with E-state index in [9.17, 15) is 4.79 Å². The van der Waals surface area contributed by atoms with Gasteiger partial charge in [-0.25, -0.2) is 24.7 Å². The third-order valence-electron chi connectivity index (χ3n) is 5.19. The summed E-state index contributed by atoms with van der Waals surface area (Å²) in [6.45, 7) is 5.97. The van der Waals surface area contributed by atoms with Crippen molar-refractivity contribution in [2.45, 2.75) is 56.1 Å². The molecule has 2 atom stereocenters. The second kappa shape index (κ2) is 13.4. The zero-order valence-electron chi connectivity index (χ0n) is 20.2. The number of halogens is 3. The van der Waals surface area contributed by atoms with Crippen LogP contribution in [-0.4, -0.2) is 43.9 Å². The number of carbonyl (C=O) groups excluding carboxylic acids is 1. The first-order valence-corrected chi connectivity index (χ1v) is 13.6. The van der Waals surface area contributed by atoms with Crippen molar-refractivity contribution in [2.24, 2.45) is 0 Å². The standard InChI is InChI=1S/C14H12Cl2N2.C11H16ClN3O2S/c15-13-8-12(17-14(16)18-13)11-7-6-10(11)9-4-2-1-3-5-9;1-11(2,3)17-10(16)14-6-7-18-8-4-5-13-9(12)15-8/h1-5,8,10-11H,6-7H2;4-5H,6-7H2,1-3H3,(H,14,16). The molecule has 0 bridgehead atoms. The summed E-state index contributed by atoms with van der Waals surface area (Å²) in [6, 6.07) is 14.1. The lowest BCUT2D eigenvalue weighted by atomic mass is 9.68. The molecule has 0 aliphatic heterocycles. The number of benzene rings is 1. The van der Waals surface area contributed by atoms with Gasteiger partial charge in [0.1, 0.15) is 15.8 Å². The van der Waals surface area contributed by atoms with Crippen LogP contribution in [-0.2, 0) is 4.74 Å². The highest BCUT2D eigenvalue weighted by Gasteiger charge is 2.34. The molecule has 1 amide bonds. The van der Waals surface area contributed by atoms with Gasteiger partial charge in [0.05, 0.1) is 5.69 Å². The maximum Gasteiger partial charge on any atom is 0.407 e. The van der Waals surface area contributed by atoms with Crippen LogP contribution in [0, 0.1) is 0 Å². The van der Waals surface area contributed by atoms with Gasteiger partial charge in [-0.15, -0.1) is 11.8 Å². The minimum Gasteiger partial charge on any atom is -0.444 e. The van der Waals surface area contributed by atoms with Crippen molar-refractivity contribution in [3.63, 3.8) is 0 Å². The van der Waals surface area contributed by atoms with Crippen molar-refractivity contribution in [3.8, 4) is 0 Å². The van der Waals surface area contributed by atoms with Gasteiger partial charge in [-0.05, 0) is 80.4 Å². The Bertz CT molecular complexity index is 1130. The van der Waals surface area contributed by atoms with E-state index in [2.05, 4.69) is 49.5 Å². The summed E-state index contributed by atoms with van der Waals surface area (Å²) in [5.41, 5.74) is 1.84. The molecule has 11 heteroatoms. The first-order chi connectivity index (χ1) is 17.1. The molecule has 2 unspecified atom stereocenters. The van der Waals surface area contributed by atoms with E-state index in [4.69, 9.17) is 39.5 Å². The zero-order valence-corrected chi connectivity index (χ0v) is 23.3. The van der Waals surface area contributed by atoms with E-state index in [-0.39, 0.29) is 10.6 Å². The van der Waals surface area contributed by atoms with Crippen LogP contribution in [0.15, 0.2) is 53.7 Å². The third-order valence-corrected chi connectivity index (χ3v) is 6.67. The smallest absolute Gasteiger partial charge is 0.407 e. The van der Waals surface area contributed by atoms with E-state index in [0.717, 1.165) is 17.1 Å². The van der Waals surface area contributed by atoms with Gasteiger partial charge in [-0.3, -0.25) is 0 Å². The molecule has 0 saturated heterocycles. The van der Waals surface area contributed by atoms with Gasteiger partial charge in [-0.2, -0.15) is 0 Å². The van der Waals surface area contributed by atoms with Crippen molar-refractivity contribution in [3.05, 3.63) is 75.6 Å². The first kappa shape index (κ1) is 28.4. The van der Waals surface area contributed by atoms with Crippen LogP contribution in [0.5, 0.6) is 0 Å². The molecule has 1 fully saturated rings. The number of thioether (sulfide) groups is 1. The highest BCUT2D eigenvalue weighted by atomic mass is 35.5. The quantitative estimate of drug-likeness (QED) is 0.146. The minimum absolute atomic E-state index is 0.222. The lowest BCUT2D eigenvalue weighted by Gasteiger charge is -2.36. The fourth-order valence-corrected chi connectivity index (χ4v) is 4.91. The van der Waals surface area contributed by atoms with Crippen LogP contribution in [0.25, 0.3) is 0 Å². The van der Waals surface area contributed by atoms with Crippen molar-refractivity contribution in [1.82, 2.24) is 25.3 Å². The van der Waals surface area contributed by atoms with Crippen molar-refractivity contribution < 1.29 is 9.53 Å². The molecule has 7 nitrogen and oxygen atoms in total. The maximum absolute atomic E-state index is 11.3. The van der Waals surface area contributed by atoms with Crippen LogP contribution in [0.1, 0.15) is 56.7 Å². The Kier molecular flexibility index (Phi) is 10.6. The summed E-state index contributed by atoms with van der Waals surface area (Å²) in [5, 5.41) is 4.32. The fraction of sp³-hybridized carbons (Fsp3) is 0.400. The van der Waals surface area contributed by atoms with E-state index in [0.29, 0.717) is 29.3 Å². The Balaban J connectivity index is 0.000000201. The van der Waals surface area contributed by atoms with Gasteiger partial charge < -0.3 is 10.1 Å². The van der Waals surface area contributed by atoms with E-state index in [1.54, 1.807) is 12.3 Å². The Morgan fingerprint density at radius 3 is 2.36 bits per heavy atom. The Hall–Kier alpha value is -2.13. The highest BCUT2D eigenvalue weighted by Crippen LogP contribution is 2.48. The molecular weight excluding hydrogens is 541 g/mol. The molecule has 1 aromatic carbocycles. The number of alkyl carbamates (subject to hydrolysis) is 1. The number of ether oxygens (including phenoxy) is 1. The average molecular weight is 569 g/mol. The second-order valence-corrected chi connectivity index (χ2v) is 11.2. The van der Waals surface area contributed by atoms with Gasteiger partial charge in [0, 0.05) is 24.4 Å². The molecule has 192 valence electrons. The molecule has 2 heterocycles. The molecule has 1 N–H and O–H groups in total. The zero-order chi connectivity index (χ0) is 26.1. The second-order valence-electron chi connectivity index (χ2n) is 9.03. The summed E-state index contributed by atoms with van der Waals surface area (Å²) >= 11 is 18.9. The molecule has 0 spiro atoms. The molecule has 4 rings (SSSR count). The van der Waals surface area contributed by atoms with E-state index in [1.807, 2.05) is 32.9 Å². The monoisotopic (exact) mass is 567 g/mol. The number of nitrogens with one attached hydrogen (secondary N) is 1. The van der Waals surface area contributed by atoms with Crippen LogP contribution >= 0.6 is 46.6 Å². The number of hydrogen-bond donors (Lipinski definition) is 1. The molecular formula is C25H28Cl3N5O2S. The maximum atomic E-state index is 11.3. The molecule has 0 radical (unpaired) electrons. The largest absolute Gasteiger partial charge is 0.444 e. The highest BCUT2D eigenvalue weighted by molar-refractivity contribution is 7.99. The predicted octanol–water partition coefficient (Wildman–Crippen LogP) is 7.19. The molecule has 2 aromatic heterocycles. The van der Waals surface area contributed by atoms with Crippen LogP contribution in [0.3, 0.4) is 0 Å². The third kappa shape index (κ3) is 9.39.